The van der Waals surface area contributed by atoms with Crippen LogP contribution in [0.4, 0.5) is 0 Å². The van der Waals surface area contributed by atoms with Crippen LogP contribution >= 0.6 is 0 Å². The Kier molecular flexibility index (Phi) is 4.46. The largest absolute Gasteiger partial charge is 0.508 e. The number of hydrogen-bond acceptors (Lipinski definition) is 6. The zero-order valence-electron chi connectivity index (χ0n) is 13.8. The van der Waals surface area contributed by atoms with Crippen molar-refractivity contribution in [2.24, 2.45) is 5.16 Å². The van der Waals surface area contributed by atoms with Gasteiger partial charge in [0, 0.05) is 24.1 Å². The van der Waals surface area contributed by atoms with Gasteiger partial charge in [-0.1, -0.05) is 23.4 Å². The molecule has 0 saturated heterocycles. The van der Waals surface area contributed by atoms with E-state index in [1.54, 1.807) is 45.6 Å². The first-order valence-corrected chi connectivity index (χ1v) is 7.49. The standard InChI is InChI=1S/C18H19NO5/c1-21-11-8-16(22-2)18(17(9-11)23-3)13-10-15(24-19-13)12-6-4-5-7-14(12)20/h4-9,15,20H,10H2,1-3H3/t15-/m0/s1. The molecule has 0 unspecified atom stereocenters. The van der Waals surface area contributed by atoms with Gasteiger partial charge in [0.1, 0.15) is 23.0 Å². The zero-order valence-corrected chi connectivity index (χ0v) is 13.8. The molecule has 126 valence electrons. The second kappa shape index (κ2) is 6.70. The van der Waals surface area contributed by atoms with Crippen molar-refractivity contribution in [2.75, 3.05) is 21.3 Å². The van der Waals surface area contributed by atoms with Crippen molar-refractivity contribution in [3.63, 3.8) is 0 Å². The lowest BCUT2D eigenvalue weighted by molar-refractivity contribution is 0.0838. The van der Waals surface area contributed by atoms with E-state index < -0.39 is 0 Å². The molecule has 0 radical (unpaired) electrons. The molecule has 0 saturated carbocycles. The highest BCUT2D eigenvalue weighted by Gasteiger charge is 2.30. The minimum atomic E-state index is -0.349. The molecule has 1 aliphatic heterocycles. The Labute approximate surface area is 140 Å². The molecule has 6 heteroatoms. The number of para-hydroxylation sites is 1. The lowest BCUT2D eigenvalue weighted by Gasteiger charge is -2.14. The van der Waals surface area contributed by atoms with Crippen LogP contribution in [0.5, 0.6) is 23.0 Å². The van der Waals surface area contributed by atoms with E-state index >= 15 is 0 Å². The van der Waals surface area contributed by atoms with Gasteiger partial charge in [0.2, 0.25) is 0 Å². The lowest BCUT2D eigenvalue weighted by atomic mass is 9.98. The Morgan fingerprint density at radius 3 is 2.29 bits per heavy atom. The van der Waals surface area contributed by atoms with Crippen LogP contribution in [-0.4, -0.2) is 32.1 Å². The van der Waals surface area contributed by atoms with Gasteiger partial charge in [0.05, 0.1) is 32.6 Å². The van der Waals surface area contributed by atoms with Gasteiger partial charge < -0.3 is 24.2 Å². The minimum Gasteiger partial charge on any atom is -0.508 e. The van der Waals surface area contributed by atoms with Crippen molar-refractivity contribution in [3.05, 3.63) is 47.5 Å². The maximum absolute atomic E-state index is 10.0. The summed E-state index contributed by atoms with van der Waals surface area (Å²) in [6.07, 6.45) is 0.147. The number of phenols is 1. The molecule has 2 aromatic rings. The van der Waals surface area contributed by atoms with Gasteiger partial charge >= 0.3 is 0 Å². The average Bonchev–Trinajstić information content (AvgIpc) is 3.10. The van der Waals surface area contributed by atoms with Crippen LogP contribution in [0.2, 0.25) is 0 Å². The maximum Gasteiger partial charge on any atom is 0.161 e. The maximum atomic E-state index is 10.0. The van der Waals surface area contributed by atoms with E-state index in [1.807, 2.05) is 12.1 Å². The van der Waals surface area contributed by atoms with Crippen molar-refractivity contribution in [1.82, 2.24) is 0 Å². The van der Waals surface area contributed by atoms with E-state index in [9.17, 15) is 5.11 Å². The van der Waals surface area contributed by atoms with Crippen molar-refractivity contribution in [2.45, 2.75) is 12.5 Å². The van der Waals surface area contributed by atoms with Gasteiger partial charge in [-0.2, -0.15) is 0 Å². The quantitative estimate of drug-likeness (QED) is 0.911. The second-order valence-electron chi connectivity index (χ2n) is 5.30. The summed E-state index contributed by atoms with van der Waals surface area (Å²) in [7, 11) is 4.74. The van der Waals surface area contributed by atoms with E-state index in [0.717, 1.165) is 5.56 Å². The minimum absolute atomic E-state index is 0.188. The van der Waals surface area contributed by atoms with Crippen molar-refractivity contribution >= 4 is 5.71 Å². The Hall–Kier alpha value is -2.89. The van der Waals surface area contributed by atoms with Gasteiger partial charge in [-0.25, -0.2) is 0 Å². The third-order valence-corrected chi connectivity index (χ3v) is 3.96. The topological polar surface area (TPSA) is 69.5 Å². The summed E-state index contributed by atoms with van der Waals surface area (Å²) in [5.41, 5.74) is 2.11. The van der Waals surface area contributed by atoms with Crippen molar-refractivity contribution < 1.29 is 24.2 Å². The van der Waals surface area contributed by atoms with Crippen LogP contribution in [0.15, 0.2) is 41.6 Å². The first-order valence-electron chi connectivity index (χ1n) is 7.49. The fraction of sp³-hybridized carbons (Fsp3) is 0.278. The summed E-state index contributed by atoms with van der Waals surface area (Å²) >= 11 is 0. The predicted molar refractivity (Wildman–Crippen MR) is 89.2 cm³/mol. The number of oxime groups is 1. The number of ether oxygens (including phenoxy) is 3. The number of benzene rings is 2. The number of aromatic hydroxyl groups is 1. The smallest absolute Gasteiger partial charge is 0.161 e. The summed E-state index contributed by atoms with van der Waals surface area (Å²) in [6, 6.07) is 10.6. The van der Waals surface area contributed by atoms with Crippen molar-refractivity contribution in [1.29, 1.82) is 0 Å². The normalized spacial score (nSPS) is 16.3. The number of nitrogens with zero attached hydrogens (tertiary/aromatic N) is 1. The number of rotatable bonds is 5. The predicted octanol–water partition coefficient (Wildman–Crippen LogP) is 3.28. The molecule has 0 fully saturated rings. The lowest BCUT2D eigenvalue weighted by Crippen LogP contribution is -2.06. The highest BCUT2D eigenvalue weighted by Crippen LogP contribution is 2.40. The van der Waals surface area contributed by atoms with E-state index in [4.69, 9.17) is 19.0 Å². The molecule has 1 N–H and O–H groups in total. The number of hydrogen-bond donors (Lipinski definition) is 1. The molecule has 3 rings (SSSR count). The van der Waals surface area contributed by atoms with E-state index in [2.05, 4.69) is 5.16 Å². The average molecular weight is 329 g/mol. The summed E-state index contributed by atoms with van der Waals surface area (Å²) in [6.45, 7) is 0. The van der Waals surface area contributed by atoms with Gasteiger partial charge in [-0.15, -0.1) is 0 Å². The van der Waals surface area contributed by atoms with Gasteiger partial charge in [0.15, 0.2) is 6.10 Å². The molecule has 24 heavy (non-hydrogen) atoms. The Morgan fingerprint density at radius 2 is 1.71 bits per heavy atom. The van der Waals surface area contributed by atoms with E-state index in [0.29, 0.717) is 34.9 Å². The molecule has 1 atom stereocenters. The van der Waals surface area contributed by atoms with Crippen LogP contribution in [0.1, 0.15) is 23.7 Å². The Morgan fingerprint density at radius 1 is 1.04 bits per heavy atom. The molecule has 1 heterocycles. The fourth-order valence-corrected chi connectivity index (χ4v) is 2.74. The van der Waals surface area contributed by atoms with Gasteiger partial charge in [-0.3, -0.25) is 0 Å². The Balaban J connectivity index is 1.95. The zero-order chi connectivity index (χ0) is 17.1. The second-order valence-corrected chi connectivity index (χ2v) is 5.30. The molecule has 0 spiro atoms. The van der Waals surface area contributed by atoms with Crippen LogP contribution in [0.25, 0.3) is 0 Å². The molecule has 6 nitrogen and oxygen atoms in total. The first-order chi connectivity index (χ1) is 11.7. The molecular weight excluding hydrogens is 310 g/mol. The van der Waals surface area contributed by atoms with Crippen LogP contribution in [0, 0.1) is 0 Å². The summed E-state index contributed by atoms with van der Waals surface area (Å²) in [5, 5.41) is 14.2. The molecule has 0 aliphatic carbocycles. The summed E-state index contributed by atoms with van der Waals surface area (Å²) < 4.78 is 16.2. The summed E-state index contributed by atoms with van der Waals surface area (Å²) in [4.78, 5) is 5.53. The fourth-order valence-electron chi connectivity index (χ4n) is 2.74. The van der Waals surface area contributed by atoms with Crippen molar-refractivity contribution in [3.8, 4) is 23.0 Å². The molecule has 0 aromatic heterocycles. The highest BCUT2D eigenvalue weighted by molar-refractivity contribution is 6.06. The molecular formula is C18H19NO5. The van der Waals surface area contributed by atoms with Crippen LogP contribution in [-0.2, 0) is 4.84 Å². The van der Waals surface area contributed by atoms with Crippen LogP contribution in [0.3, 0.4) is 0 Å². The summed E-state index contributed by atoms with van der Waals surface area (Å²) in [5.74, 6) is 2.00. The molecule has 0 amide bonds. The van der Waals surface area contributed by atoms with Gasteiger partial charge in [-0.05, 0) is 6.07 Å². The third-order valence-electron chi connectivity index (χ3n) is 3.96. The monoisotopic (exact) mass is 329 g/mol. The number of methoxy groups -OCH3 is 3. The highest BCUT2D eigenvalue weighted by atomic mass is 16.6. The Bertz CT molecular complexity index is 747. The number of phenolic OH excluding ortho intramolecular Hbond substituents is 1. The van der Waals surface area contributed by atoms with E-state index in [1.165, 1.54) is 0 Å². The SMILES string of the molecule is COc1cc(OC)c(C2=NO[C@H](c3ccccc3O)C2)c(OC)c1. The molecule has 2 aromatic carbocycles. The molecule has 0 bridgehead atoms. The molecule has 1 aliphatic rings. The van der Waals surface area contributed by atoms with Gasteiger partial charge in [0.25, 0.3) is 0 Å². The van der Waals surface area contributed by atoms with Crippen LogP contribution < -0.4 is 14.2 Å². The first kappa shape index (κ1) is 16.0. The van der Waals surface area contributed by atoms with E-state index in [-0.39, 0.29) is 11.9 Å². The third kappa shape index (κ3) is 2.82.